The molecule has 0 aromatic rings. The summed E-state index contributed by atoms with van der Waals surface area (Å²) < 4.78 is 15.6. The van der Waals surface area contributed by atoms with Crippen LogP contribution in [0, 0.1) is 0 Å². The minimum Gasteiger partial charge on any atom is -0.461 e. The Morgan fingerprint density at radius 2 is 2.00 bits per heavy atom. The van der Waals surface area contributed by atoms with E-state index < -0.39 is 23.6 Å². The summed E-state index contributed by atoms with van der Waals surface area (Å²) in [6.07, 6.45) is -0.562. The van der Waals surface area contributed by atoms with Gasteiger partial charge in [0.2, 0.25) is 0 Å². The predicted octanol–water partition coefficient (Wildman–Crippen LogP) is 1.08. The highest BCUT2D eigenvalue weighted by Gasteiger charge is 2.54. The lowest BCUT2D eigenvalue weighted by Gasteiger charge is -2.49. The number of hydrogen-bond donors (Lipinski definition) is 0. The molecule has 2 aliphatic rings. The van der Waals surface area contributed by atoms with Crippen LogP contribution in [0.1, 0.15) is 27.7 Å². The van der Waals surface area contributed by atoms with E-state index in [9.17, 15) is 14.4 Å². The maximum atomic E-state index is 12.5. The van der Waals surface area contributed by atoms with E-state index in [2.05, 4.69) is 0 Å². The molecule has 23 heavy (non-hydrogen) atoms. The molecule has 2 aliphatic heterocycles. The number of amides is 1. The van der Waals surface area contributed by atoms with Crippen LogP contribution in [0.5, 0.6) is 0 Å². The van der Waals surface area contributed by atoms with Gasteiger partial charge in [0, 0.05) is 25.4 Å². The molecular weight excluding hydrogens is 322 g/mol. The van der Waals surface area contributed by atoms with Gasteiger partial charge in [-0.1, -0.05) is 0 Å². The predicted molar refractivity (Wildman–Crippen MR) is 83.4 cm³/mol. The molecule has 0 aromatic heterocycles. The number of fused-ring (bicyclic) bond motifs is 1. The van der Waals surface area contributed by atoms with Gasteiger partial charge in [0.1, 0.15) is 23.3 Å². The normalized spacial score (nSPS) is 24.0. The van der Waals surface area contributed by atoms with Gasteiger partial charge in [-0.3, -0.25) is 14.5 Å². The molecular formula is C15H21NO6S. The largest absolute Gasteiger partial charge is 0.461 e. The van der Waals surface area contributed by atoms with Gasteiger partial charge in [-0.25, -0.2) is 4.79 Å². The third kappa shape index (κ3) is 3.69. The van der Waals surface area contributed by atoms with E-state index in [1.54, 1.807) is 20.8 Å². The van der Waals surface area contributed by atoms with Crippen molar-refractivity contribution in [2.24, 2.45) is 0 Å². The van der Waals surface area contributed by atoms with E-state index in [1.165, 1.54) is 30.7 Å². The van der Waals surface area contributed by atoms with Gasteiger partial charge in [-0.2, -0.15) is 0 Å². The third-order valence-electron chi connectivity index (χ3n) is 3.29. The lowest BCUT2D eigenvalue weighted by atomic mass is 10.1. The van der Waals surface area contributed by atoms with Crippen molar-refractivity contribution in [3.05, 3.63) is 11.3 Å². The van der Waals surface area contributed by atoms with Crippen LogP contribution in [0.2, 0.25) is 0 Å². The second kappa shape index (κ2) is 6.52. The molecule has 7 nitrogen and oxygen atoms in total. The van der Waals surface area contributed by atoms with E-state index in [0.717, 1.165) is 0 Å². The monoisotopic (exact) mass is 343 g/mol. The standard InChI is InChI=1S/C15H21NO6S/c1-8(17)21-6-9-7-23-13-11(20-5)12(18)16(13)10(9)14(19)22-15(2,3)4/h11,13H,6-7H2,1-5H3/t11-,13-/m1/s1. The smallest absolute Gasteiger partial charge is 0.355 e. The zero-order chi connectivity index (χ0) is 17.4. The summed E-state index contributed by atoms with van der Waals surface area (Å²) in [6, 6.07) is 0. The van der Waals surface area contributed by atoms with E-state index in [0.29, 0.717) is 11.3 Å². The summed E-state index contributed by atoms with van der Waals surface area (Å²) in [5.74, 6) is -0.854. The fourth-order valence-corrected chi connectivity index (χ4v) is 3.70. The zero-order valence-corrected chi connectivity index (χ0v) is 14.7. The SMILES string of the molecule is CO[C@@H]1C(=O)N2C(C(=O)OC(C)(C)C)=C(COC(C)=O)CS[C@H]12. The van der Waals surface area contributed by atoms with Crippen LogP contribution < -0.4 is 0 Å². The number of esters is 2. The third-order valence-corrected chi connectivity index (χ3v) is 4.61. The summed E-state index contributed by atoms with van der Waals surface area (Å²) >= 11 is 1.47. The Hall–Kier alpha value is -1.54. The second-order valence-electron chi connectivity index (χ2n) is 6.30. The number of thioether (sulfide) groups is 1. The molecule has 2 heterocycles. The van der Waals surface area contributed by atoms with Crippen LogP contribution in [-0.2, 0) is 28.6 Å². The van der Waals surface area contributed by atoms with Crippen LogP contribution in [-0.4, -0.2) is 59.3 Å². The summed E-state index contributed by atoms with van der Waals surface area (Å²) in [4.78, 5) is 37.2. The van der Waals surface area contributed by atoms with Crippen molar-refractivity contribution >= 4 is 29.6 Å². The lowest BCUT2D eigenvalue weighted by Crippen LogP contribution is -2.65. The van der Waals surface area contributed by atoms with Crippen molar-refractivity contribution in [3.63, 3.8) is 0 Å². The van der Waals surface area contributed by atoms with Crippen LogP contribution in [0.25, 0.3) is 0 Å². The van der Waals surface area contributed by atoms with Gasteiger partial charge in [0.25, 0.3) is 5.91 Å². The Kier molecular flexibility index (Phi) is 5.05. The van der Waals surface area contributed by atoms with Crippen LogP contribution >= 0.6 is 11.8 Å². The van der Waals surface area contributed by atoms with Crippen molar-refractivity contribution in [1.82, 2.24) is 4.90 Å². The van der Waals surface area contributed by atoms with Crippen molar-refractivity contribution in [3.8, 4) is 0 Å². The quantitative estimate of drug-likeness (QED) is 0.558. The first kappa shape index (κ1) is 17.8. The molecule has 0 N–H and O–H groups in total. The van der Waals surface area contributed by atoms with Crippen molar-refractivity contribution in [2.75, 3.05) is 19.5 Å². The zero-order valence-electron chi connectivity index (χ0n) is 13.9. The fraction of sp³-hybridized carbons (Fsp3) is 0.667. The Bertz CT molecular complexity index is 565. The van der Waals surface area contributed by atoms with Crippen molar-refractivity contribution in [1.29, 1.82) is 0 Å². The summed E-state index contributed by atoms with van der Waals surface area (Å²) in [7, 11) is 1.46. The molecule has 2 rings (SSSR count). The molecule has 0 saturated carbocycles. The van der Waals surface area contributed by atoms with Crippen LogP contribution in [0.4, 0.5) is 0 Å². The van der Waals surface area contributed by atoms with E-state index in [-0.39, 0.29) is 23.6 Å². The second-order valence-corrected chi connectivity index (χ2v) is 7.41. The molecule has 1 amide bonds. The molecule has 2 atom stereocenters. The topological polar surface area (TPSA) is 82.1 Å². The molecule has 1 fully saturated rings. The molecule has 8 heteroatoms. The van der Waals surface area contributed by atoms with E-state index >= 15 is 0 Å². The first-order valence-corrected chi connectivity index (χ1v) is 8.27. The lowest BCUT2D eigenvalue weighted by molar-refractivity contribution is -0.167. The van der Waals surface area contributed by atoms with E-state index in [1.807, 2.05) is 0 Å². The van der Waals surface area contributed by atoms with Crippen molar-refractivity contribution < 1.29 is 28.6 Å². The Labute approximate surface area is 139 Å². The number of carbonyl (C=O) groups is 3. The minimum absolute atomic E-state index is 0.0366. The first-order valence-electron chi connectivity index (χ1n) is 7.22. The average molecular weight is 343 g/mol. The average Bonchev–Trinajstić information content (AvgIpc) is 2.42. The molecule has 0 spiro atoms. The van der Waals surface area contributed by atoms with Gasteiger partial charge < -0.3 is 14.2 Å². The van der Waals surface area contributed by atoms with Gasteiger partial charge >= 0.3 is 11.9 Å². The van der Waals surface area contributed by atoms with Gasteiger partial charge in [-0.15, -0.1) is 11.8 Å². The number of carbonyl (C=O) groups excluding carboxylic acids is 3. The molecule has 0 radical (unpaired) electrons. The summed E-state index contributed by atoms with van der Waals surface area (Å²) in [6.45, 7) is 6.51. The number of nitrogens with zero attached hydrogens (tertiary/aromatic N) is 1. The minimum atomic E-state index is -0.689. The highest BCUT2D eigenvalue weighted by molar-refractivity contribution is 8.00. The van der Waals surface area contributed by atoms with Crippen molar-refractivity contribution in [2.45, 2.75) is 44.8 Å². The Morgan fingerprint density at radius 1 is 1.35 bits per heavy atom. The first-order chi connectivity index (χ1) is 10.7. The van der Waals surface area contributed by atoms with Gasteiger partial charge in [0.15, 0.2) is 6.10 Å². The fourth-order valence-electron chi connectivity index (χ4n) is 2.35. The van der Waals surface area contributed by atoms with Gasteiger partial charge in [-0.05, 0) is 20.8 Å². The Balaban J connectivity index is 2.31. The van der Waals surface area contributed by atoms with Crippen LogP contribution in [0.15, 0.2) is 11.3 Å². The maximum absolute atomic E-state index is 12.5. The number of ether oxygens (including phenoxy) is 3. The highest BCUT2D eigenvalue weighted by Crippen LogP contribution is 2.42. The molecule has 0 unspecified atom stereocenters. The summed E-state index contributed by atoms with van der Waals surface area (Å²) in [5, 5.41) is -0.254. The molecule has 128 valence electrons. The molecule has 0 bridgehead atoms. The number of methoxy groups -OCH3 is 1. The Morgan fingerprint density at radius 3 is 2.52 bits per heavy atom. The molecule has 0 aromatic carbocycles. The number of rotatable bonds is 4. The maximum Gasteiger partial charge on any atom is 0.355 e. The molecule has 1 saturated heterocycles. The van der Waals surface area contributed by atoms with Crippen LogP contribution in [0.3, 0.4) is 0 Å². The van der Waals surface area contributed by atoms with E-state index in [4.69, 9.17) is 14.2 Å². The summed E-state index contributed by atoms with van der Waals surface area (Å²) in [5.41, 5.74) is 0.0486. The number of hydrogen-bond acceptors (Lipinski definition) is 7. The highest BCUT2D eigenvalue weighted by atomic mass is 32.2. The number of β-lactam (4-membered cyclic amide) rings is 1. The van der Waals surface area contributed by atoms with Gasteiger partial charge in [0.05, 0.1) is 0 Å². The molecule has 0 aliphatic carbocycles.